The highest BCUT2D eigenvalue weighted by Gasteiger charge is 2.16. The van der Waals surface area contributed by atoms with E-state index in [2.05, 4.69) is 27.4 Å². The molecule has 2 rings (SSSR count). The number of nitrogens with one attached hydrogen (secondary N) is 1. The summed E-state index contributed by atoms with van der Waals surface area (Å²) in [7, 11) is 0. The van der Waals surface area contributed by atoms with Gasteiger partial charge in [0.15, 0.2) is 11.6 Å². The molecule has 0 saturated heterocycles. The number of hydrogen-bond acceptors (Lipinski definition) is 8. The summed E-state index contributed by atoms with van der Waals surface area (Å²) in [5, 5.41) is 20.9. The predicted octanol–water partition coefficient (Wildman–Crippen LogP) is 2.83. The van der Waals surface area contributed by atoms with Gasteiger partial charge in [-0.05, 0) is 19.1 Å². The lowest BCUT2D eigenvalue weighted by Gasteiger charge is -2.23. The van der Waals surface area contributed by atoms with Crippen LogP contribution in [0.3, 0.4) is 0 Å². The number of rotatable bonds is 9. The van der Waals surface area contributed by atoms with E-state index < -0.39 is 0 Å². The molecule has 26 heavy (non-hydrogen) atoms. The number of nitriles is 2. The molecule has 0 atom stereocenters. The first-order valence-electron chi connectivity index (χ1n) is 8.29. The molecule has 1 heterocycles. The summed E-state index contributed by atoms with van der Waals surface area (Å²) in [4.78, 5) is 10.3. The Kier molecular flexibility index (Phi) is 7.02. The van der Waals surface area contributed by atoms with Crippen molar-refractivity contribution in [2.75, 3.05) is 35.6 Å². The van der Waals surface area contributed by atoms with Crippen LogP contribution in [0.15, 0.2) is 30.6 Å². The highest BCUT2D eigenvalue weighted by atomic mass is 16.5. The van der Waals surface area contributed by atoms with Crippen molar-refractivity contribution in [3.05, 3.63) is 30.6 Å². The molecule has 1 aromatic carbocycles. The first kappa shape index (κ1) is 18.8. The zero-order valence-corrected chi connectivity index (χ0v) is 14.6. The maximum absolute atomic E-state index is 8.86. The van der Waals surface area contributed by atoms with Gasteiger partial charge in [0, 0.05) is 13.1 Å². The number of para-hydroxylation sites is 2. The summed E-state index contributed by atoms with van der Waals surface area (Å²) < 4.78 is 5.60. The summed E-state index contributed by atoms with van der Waals surface area (Å²) >= 11 is 0. The van der Waals surface area contributed by atoms with Crippen LogP contribution in [0.4, 0.5) is 23.0 Å². The van der Waals surface area contributed by atoms with E-state index in [4.69, 9.17) is 21.0 Å². The Morgan fingerprint density at radius 3 is 2.50 bits per heavy atom. The number of aromatic nitrogens is 2. The Morgan fingerprint density at radius 1 is 1.15 bits per heavy atom. The molecule has 1 aromatic heterocycles. The standard InChI is InChI=1S/C18H21N7O/c1-2-26-15-8-4-3-7-14(15)24-17-16(21)18(23-13-22-17)25(11-5-9-19)12-6-10-20/h3-4,7-8,13H,2,5-6,11-12,21H2,1H3,(H,22,23,24). The van der Waals surface area contributed by atoms with Crippen molar-refractivity contribution in [3.8, 4) is 17.9 Å². The van der Waals surface area contributed by atoms with Crippen molar-refractivity contribution in [3.63, 3.8) is 0 Å². The minimum Gasteiger partial charge on any atom is -0.492 e. The lowest BCUT2D eigenvalue weighted by atomic mass is 10.2. The number of hydrogen-bond donors (Lipinski definition) is 2. The predicted molar refractivity (Wildman–Crippen MR) is 100 cm³/mol. The largest absolute Gasteiger partial charge is 0.492 e. The second-order valence-electron chi connectivity index (χ2n) is 5.32. The van der Waals surface area contributed by atoms with Gasteiger partial charge in [-0.25, -0.2) is 9.97 Å². The van der Waals surface area contributed by atoms with Gasteiger partial charge >= 0.3 is 0 Å². The molecule has 8 heteroatoms. The first-order chi connectivity index (χ1) is 12.7. The summed E-state index contributed by atoms with van der Waals surface area (Å²) in [6.07, 6.45) is 2.03. The Hall–Kier alpha value is -3.52. The van der Waals surface area contributed by atoms with Gasteiger partial charge in [0.05, 0.1) is 37.3 Å². The Morgan fingerprint density at radius 2 is 1.85 bits per heavy atom. The molecule has 8 nitrogen and oxygen atoms in total. The molecule has 0 unspecified atom stereocenters. The van der Waals surface area contributed by atoms with Gasteiger partial charge in [-0.15, -0.1) is 0 Å². The topological polar surface area (TPSA) is 124 Å². The third kappa shape index (κ3) is 4.74. The fourth-order valence-corrected chi connectivity index (χ4v) is 2.41. The molecule has 0 radical (unpaired) electrons. The van der Waals surface area contributed by atoms with Gasteiger partial charge in [-0.1, -0.05) is 12.1 Å². The lowest BCUT2D eigenvalue weighted by Crippen LogP contribution is -2.27. The normalized spacial score (nSPS) is 9.81. The molecule has 0 fully saturated rings. The maximum atomic E-state index is 8.86. The Labute approximate surface area is 152 Å². The fourth-order valence-electron chi connectivity index (χ4n) is 2.41. The van der Waals surface area contributed by atoms with Crippen LogP contribution in [0.2, 0.25) is 0 Å². The van der Waals surface area contributed by atoms with Crippen molar-refractivity contribution in [1.82, 2.24) is 9.97 Å². The molecule has 0 bridgehead atoms. The van der Waals surface area contributed by atoms with Crippen LogP contribution in [0.1, 0.15) is 19.8 Å². The highest BCUT2D eigenvalue weighted by molar-refractivity contribution is 5.79. The zero-order chi connectivity index (χ0) is 18.8. The van der Waals surface area contributed by atoms with Crippen LogP contribution in [0.25, 0.3) is 0 Å². The SMILES string of the molecule is CCOc1ccccc1Nc1ncnc(N(CCC#N)CCC#N)c1N. The molecule has 0 aliphatic rings. The molecule has 0 aliphatic carbocycles. The van der Waals surface area contributed by atoms with E-state index in [9.17, 15) is 0 Å². The zero-order valence-electron chi connectivity index (χ0n) is 14.6. The minimum atomic E-state index is 0.310. The average molecular weight is 351 g/mol. The number of benzene rings is 1. The minimum absolute atomic E-state index is 0.310. The van der Waals surface area contributed by atoms with Crippen LogP contribution >= 0.6 is 0 Å². The second kappa shape index (κ2) is 9.70. The molecule has 134 valence electrons. The van der Waals surface area contributed by atoms with Crippen LogP contribution in [-0.4, -0.2) is 29.7 Å². The van der Waals surface area contributed by atoms with Crippen LogP contribution in [-0.2, 0) is 0 Å². The van der Waals surface area contributed by atoms with Gasteiger partial charge in [-0.3, -0.25) is 0 Å². The van der Waals surface area contributed by atoms with Gasteiger partial charge in [0.1, 0.15) is 17.8 Å². The van der Waals surface area contributed by atoms with E-state index in [0.29, 0.717) is 55.6 Å². The Balaban J connectivity index is 2.30. The van der Waals surface area contributed by atoms with E-state index in [-0.39, 0.29) is 0 Å². The number of anilines is 4. The van der Waals surface area contributed by atoms with E-state index in [1.54, 1.807) is 0 Å². The van der Waals surface area contributed by atoms with Crippen molar-refractivity contribution < 1.29 is 4.74 Å². The number of ether oxygens (including phenoxy) is 1. The third-order valence-corrected chi connectivity index (χ3v) is 3.59. The molecular formula is C18H21N7O. The van der Waals surface area contributed by atoms with Crippen molar-refractivity contribution in [2.24, 2.45) is 0 Å². The Bertz CT molecular complexity index is 792. The fraction of sp³-hybridized carbons (Fsp3) is 0.333. The summed E-state index contributed by atoms with van der Waals surface area (Å²) in [5.74, 6) is 1.64. The highest BCUT2D eigenvalue weighted by Crippen LogP contribution is 2.32. The number of nitrogen functional groups attached to an aromatic ring is 1. The van der Waals surface area contributed by atoms with Crippen LogP contribution < -0.4 is 20.7 Å². The second-order valence-corrected chi connectivity index (χ2v) is 5.32. The van der Waals surface area contributed by atoms with E-state index >= 15 is 0 Å². The van der Waals surface area contributed by atoms with Gasteiger partial charge in [-0.2, -0.15) is 10.5 Å². The molecule has 0 aliphatic heterocycles. The van der Waals surface area contributed by atoms with Gasteiger partial charge in [0.2, 0.25) is 0 Å². The maximum Gasteiger partial charge on any atom is 0.159 e. The van der Waals surface area contributed by atoms with E-state index in [1.807, 2.05) is 36.1 Å². The van der Waals surface area contributed by atoms with Gasteiger partial charge in [0.25, 0.3) is 0 Å². The molecular weight excluding hydrogens is 330 g/mol. The van der Waals surface area contributed by atoms with Gasteiger partial charge < -0.3 is 20.7 Å². The molecule has 2 aromatic rings. The van der Waals surface area contributed by atoms with Crippen LogP contribution in [0, 0.1) is 22.7 Å². The van der Waals surface area contributed by atoms with E-state index in [1.165, 1.54) is 6.33 Å². The summed E-state index contributed by atoms with van der Waals surface area (Å²) in [6, 6.07) is 11.7. The summed E-state index contributed by atoms with van der Waals surface area (Å²) in [6.45, 7) is 3.33. The quantitative estimate of drug-likeness (QED) is 0.706. The molecule has 0 saturated carbocycles. The average Bonchev–Trinajstić information content (AvgIpc) is 2.66. The van der Waals surface area contributed by atoms with Crippen molar-refractivity contribution in [2.45, 2.75) is 19.8 Å². The first-order valence-corrected chi connectivity index (χ1v) is 8.29. The third-order valence-electron chi connectivity index (χ3n) is 3.59. The smallest absolute Gasteiger partial charge is 0.159 e. The molecule has 3 N–H and O–H groups in total. The van der Waals surface area contributed by atoms with Crippen molar-refractivity contribution in [1.29, 1.82) is 10.5 Å². The van der Waals surface area contributed by atoms with E-state index in [0.717, 1.165) is 5.69 Å². The summed E-state index contributed by atoms with van der Waals surface area (Å²) in [5.41, 5.74) is 7.36. The molecule has 0 amide bonds. The van der Waals surface area contributed by atoms with Crippen molar-refractivity contribution >= 4 is 23.0 Å². The molecule has 0 spiro atoms. The number of nitrogens with zero attached hydrogens (tertiary/aromatic N) is 5. The lowest BCUT2D eigenvalue weighted by molar-refractivity contribution is 0.342. The number of nitrogens with two attached hydrogens (primary N) is 1. The monoisotopic (exact) mass is 351 g/mol. The van der Waals surface area contributed by atoms with Crippen LogP contribution in [0.5, 0.6) is 5.75 Å².